The third kappa shape index (κ3) is 20.3. The fraction of sp³-hybridized carbons (Fsp3) is 0.788. The Kier molecular flexibility index (Phi) is 22.7. The Balaban J connectivity index is 2.01. The van der Waals surface area contributed by atoms with Gasteiger partial charge in [-0.1, -0.05) is 115 Å². The summed E-state index contributed by atoms with van der Waals surface area (Å²) in [5.74, 6) is -0.0586. The van der Waals surface area contributed by atoms with E-state index >= 15 is 0 Å². The zero-order valence-electron chi connectivity index (χ0n) is 24.5. The van der Waals surface area contributed by atoms with Crippen LogP contribution in [0.2, 0.25) is 0 Å². The van der Waals surface area contributed by atoms with Crippen molar-refractivity contribution in [3.63, 3.8) is 0 Å². The van der Waals surface area contributed by atoms with Gasteiger partial charge in [0.05, 0.1) is 13.2 Å². The predicted octanol–water partition coefficient (Wildman–Crippen LogP) is 8.28. The number of nitrogens with zero attached hydrogens (tertiary/aromatic N) is 1. The first-order valence-electron chi connectivity index (χ1n) is 15.8. The number of unbranched alkanes of at least 4 members (excludes halogenated alkanes) is 13. The van der Waals surface area contributed by atoms with E-state index in [2.05, 4.69) is 43.0 Å². The largest absolute Gasteiger partial charge is 0.465 e. The van der Waals surface area contributed by atoms with Crippen molar-refractivity contribution in [3.05, 3.63) is 35.4 Å². The summed E-state index contributed by atoms with van der Waals surface area (Å²) < 4.78 is 5.46. The quantitative estimate of drug-likeness (QED) is 0.0992. The third-order valence-electron chi connectivity index (χ3n) is 7.35. The van der Waals surface area contributed by atoms with Crippen LogP contribution in [0.1, 0.15) is 134 Å². The van der Waals surface area contributed by atoms with E-state index in [9.17, 15) is 9.90 Å². The van der Waals surface area contributed by atoms with Crippen molar-refractivity contribution in [2.75, 3.05) is 32.8 Å². The smallest absolute Gasteiger partial charge is 0.305 e. The Morgan fingerprint density at radius 3 is 1.70 bits per heavy atom. The number of ether oxygens (including phenoxy) is 1. The Morgan fingerprint density at radius 2 is 1.14 bits per heavy atom. The topological polar surface area (TPSA) is 49.8 Å². The van der Waals surface area contributed by atoms with Gasteiger partial charge in [-0.2, -0.15) is 0 Å². The van der Waals surface area contributed by atoms with Crippen molar-refractivity contribution in [3.8, 4) is 0 Å². The average Bonchev–Trinajstić information content (AvgIpc) is 2.90. The highest BCUT2D eigenvalue weighted by Crippen LogP contribution is 2.12. The molecular weight excluding hydrogens is 458 g/mol. The van der Waals surface area contributed by atoms with Crippen LogP contribution >= 0.6 is 0 Å². The molecule has 1 N–H and O–H groups in total. The molecule has 0 radical (unpaired) electrons. The normalized spacial score (nSPS) is 11.4. The summed E-state index contributed by atoms with van der Waals surface area (Å²) in [6.07, 6.45) is 22.6. The zero-order chi connectivity index (χ0) is 26.8. The van der Waals surface area contributed by atoms with Gasteiger partial charge in [-0.25, -0.2) is 0 Å². The molecule has 0 spiro atoms. The molecule has 0 aliphatic rings. The maximum Gasteiger partial charge on any atom is 0.305 e. The standard InChI is InChI=1S/C33H59NO3/c1-3-5-7-9-13-17-26-34(28-29-35)27-18-14-10-12-16-20-33(36)37-30-25-32-23-21-31(22-24-32)19-15-11-8-6-4-2/h21-24,35H,3-20,25-30H2,1-2H3. The lowest BCUT2D eigenvalue weighted by molar-refractivity contribution is -0.143. The molecule has 0 saturated carbocycles. The lowest BCUT2D eigenvalue weighted by atomic mass is 10.0. The monoisotopic (exact) mass is 517 g/mol. The second-order valence-electron chi connectivity index (χ2n) is 10.8. The van der Waals surface area contributed by atoms with Gasteiger partial charge >= 0.3 is 5.97 Å². The molecule has 37 heavy (non-hydrogen) atoms. The second-order valence-corrected chi connectivity index (χ2v) is 10.8. The maximum absolute atomic E-state index is 12.1. The number of hydrogen-bond acceptors (Lipinski definition) is 4. The van der Waals surface area contributed by atoms with E-state index < -0.39 is 0 Å². The molecule has 0 aromatic heterocycles. The van der Waals surface area contributed by atoms with Crippen LogP contribution in [0.3, 0.4) is 0 Å². The van der Waals surface area contributed by atoms with Crippen molar-refractivity contribution in [2.24, 2.45) is 0 Å². The SMILES string of the molecule is CCCCCCCCN(CCO)CCCCCCCC(=O)OCCc1ccc(CCCCCCC)cc1. The van der Waals surface area contributed by atoms with E-state index in [0.717, 1.165) is 38.9 Å². The third-order valence-corrected chi connectivity index (χ3v) is 7.35. The van der Waals surface area contributed by atoms with Crippen LogP contribution in [0, 0.1) is 0 Å². The van der Waals surface area contributed by atoms with E-state index in [-0.39, 0.29) is 12.6 Å². The highest BCUT2D eigenvalue weighted by molar-refractivity contribution is 5.69. The molecule has 1 aromatic rings. The lowest BCUT2D eigenvalue weighted by Gasteiger charge is -2.21. The van der Waals surface area contributed by atoms with Gasteiger partial charge in [0, 0.05) is 19.4 Å². The Hall–Kier alpha value is -1.39. The number of aryl methyl sites for hydroxylation is 1. The Labute approximate surface area is 229 Å². The molecule has 1 rings (SSSR count). The van der Waals surface area contributed by atoms with Crippen LogP contribution in [-0.4, -0.2) is 48.8 Å². The van der Waals surface area contributed by atoms with Crippen LogP contribution in [0.5, 0.6) is 0 Å². The second kappa shape index (κ2) is 24.9. The maximum atomic E-state index is 12.1. The first-order chi connectivity index (χ1) is 18.2. The summed E-state index contributed by atoms with van der Waals surface area (Å²) in [6, 6.07) is 8.83. The van der Waals surface area contributed by atoms with E-state index in [1.54, 1.807) is 0 Å². The molecule has 0 aliphatic carbocycles. The molecule has 4 nitrogen and oxygen atoms in total. The number of carbonyl (C=O) groups excluding carboxylic acids is 1. The summed E-state index contributed by atoms with van der Waals surface area (Å²) in [5, 5.41) is 9.34. The van der Waals surface area contributed by atoms with Gasteiger partial charge in [0.1, 0.15) is 0 Å². The molecule has 0 fully saturated rings. The summed E-state index contributed by atoms with van der Waals surface area (Å²) in [6.45, 7) is 8.23. The number of benzene rings is 1. The van der Waals surface area contributed by atoms with Gasteiger partial charge in [-0.15, -0.1) is 0 Å². The number of aliphatic hydroxyl groups excluding tert-OH is 1. The molecular formula is C33H59NO3. The summed E-state index contributed by atoms with van der Waals surface area (Å²) >= 11 is 0. The van der Waals surface area contributed by atoms with Crippen molar-refractivity contribution in [1.82, 2.24) is 4.90 Å². The molecule has 0 bridgehead atoms. The zero-order valence-corrected chi connectivity index (χ0v) is 24.5. The first kappa shape index (κ1) is 33.6. The summed E-state index contributed by atoms with van der Waals surface area (Å²) in [4.78, 5) is 14.5. The van der Waals surface area contributed by atoms with E-state index in [1.807, 2.05) is 0 Å². The molecule has 214 valence electrons. The number of hydrogen-bond donors (Lipinski definition) is 1. The van der Waals surface area contributed by atoms with Gasteiger partial charge in [-0.3, -0.25) is 4.79 Å². The number of aliphatic hydroxyl groups is 1. The Bertz CT molecular complexity index is 631. The van der Waals surface area contributed by atoms with Crippen molar-refractivity contribution in [1.29, 1.82) is 0 Å². The summed E-state index contributed by atoms with van der Waals surface area (Å²) in [5.41, 5.74) is 2.66. The average molecular weight is 518 g/mol. The van der Waals surface area contributed by atoms with E-state index in [1.165, 1.54) is 107 Å². The molecule has 0 aliphatic heterocycles. The Morgan fingerprint density at radius 1 is 0.649 bits per heavy atom. The molecule has 4 heteroatoms. The number of carbonyl (C=O) groups is 1. The highest BCUT2D eigenvalue weighted by Gasteiger charge is 2.06. The molecule has 0 unspecified atom stereocenters. The van der Waals surface area contributed by atoms with Crippen molar-refractivity contribution in [2.45, 2.75) is 136 Å². The van der Waals surface area contributed by atoms with Crippen molar-refractivity contribution < 1.29 is 14.6 Å². The molecule has 0 amide bonds. The lowest BCUT2D eigenvalue weighted by Crippen LogP contribution is -2.29. The molecule has 1 aromatic carbocycles. The first-order valence-corrected chi connectivity index (χ1v) is 15.8. The van der Waals surface area contributed by atoms with Gasteiger partial charge in [0.2, 0.25) is 0 Å². The van der Waals surface area contributed by atoms with Crippen LogP contribution in [-0.2, 0) is 22.4 Å². The molecule has 0 saturated heterocycles. The van der Waals surface area contributed by atoms with E-state index in [0.29, 0.717) is 13.0 Å². The number of rotatable bonds is 26. The van der Waals surface area contributed by atoms with Crippen molar-refractivity contribution >= 4 is 5.97 Å². The van der Waals surface area contributed by atoms with Gasteiger partial charge in [0.15, 0.2) is 0 Å². The number of esters is 1. The van der Waals surface area contributed by atoms with Gasteiger partial charge in [-0.05, 0) is 56.3 Å². The minimum absolute atomic E-state index is 0.0586. The fourth-order valence-corrected chi connectivity index (χ4v) is 4.89. The van der Waals surface area contributed by atoms with Crippen LogP contribution in [0.25, 0.3) is 0 Å². The highest BCUT2D eigenvalue weighted by atomic mass is 16.5. The van der Waals surface area contributed by atoms with Gasteiger partial charge < -0.3 is 14.7 Å². The van der Waals surface area contributed by atoms with Gasteiger partial charge in [0.25, 0.3) is 0 Å². The van der Waals surface area contributed by atoms with Crippen LogP contribution < -0.4 is 0 Å². The predicted molar refractivity (Wildman–Crippen MR) is 158 cm³/mol. The van der Waals surface area contributed by atoms with Crippen LogP contribution in [0.4, 0.5) is 0 Å². The van der Waals surface area contributed by atoms with Crippen LogP contribution in [0.15, 0.2) is 24.3 Å². The molecule has 0 heterocycles. The minimum atomic E-state index is -0.0586. The minimum Gasteiger partial charge on any atom is -0.465 e. The van der Waals surface area contributed by atoms with E-state index in [4.69, 9.17) is 4.74 Å². The summed E-state index contributed by atoms with van der Waals surface area (Å²) in [7, 11) is 0. The molecule has 0 atom stereocenters. The fourth-order valence-electron chi connectivity index (χ4n) is 4.89.